The van der Waals surface area contributed by atoms with Gasteiger partial charge >= 0.3 is 0 Å². The highest BCUT2D eigenvalue weighted by atomic mass is 32.2. The van der Waals surface area contributed by atoms with E-state index in [1.807, 2.05) is 30.5 Å². The Balaban J connectivity index is 2.08. The van der Waals surface area contributed by atoms with Gasteiger partial charge in [0.15, 0.2) is 0 Å². The normalized spacial score (nSPS) is 10.2. The molecule has 3 N–H and O–H groups in total. The highest BCUT2D eigenvalue weighted by molar-refractivity contribution is 7.98. The minimum Gasteiger partial charge on any atom is -0.389 e. The van der Waals surface area contributed by atoms with Gasteiger partial charge in [-0.3, -0.25) is 0 Å². The van der Waals surface area contributed by atoms with E-state index >= 15 is 0 Å². The fraction of sp³-hybridized carbons (Fsp3) is 0.188. The van der Waals surface area contributed by atoms with Gasteiger partial charge in [0, 0.05) is 22.7 Å². The van der Waals surface area contributed by atoms with Gasteiger partial charge in [-0.15, -0.1) is 11.8 Å². The number of rotatable bonds is 6. The lowest BCUT2D eigenvalue weighted by Crippen LogP contribution is -2.15. The highest BCUT2D eigenvalue weighted by Gasteiger charge is 2.09. The van der Waals surface area contributed by atoms with Crippen LogP contribution in [0.5, 0.6) is 0 Å². The number of nitrogens with two attached hydrogens (primary N) is 1. The van der Waals surface area contributed by atoms with Crippen LogP contribution >= 0.6 is 24.0 Å². The molecule has 2 aromatic rings. The summed E-state index contributed by atoms with van der Waals surface area (Å²) in [4.78, 5) is 1.55. The van der Waals surface area contributed by atoms with Crippen molar-refractivity contribution >= 4 is 34.7 Å². The molecule has 0 radical (unpaired) electrons. The molecule has 2 rings (SSSR count). The van der Waals surface area contributed by atoms with Crippen molar-refractivity contribution in [1.29, 1.82) is 0 Å². The molecule has 0 aromatic heterocycles. The van der Waals surface area contributed by atoms with Gasteiger partial charge in [-0.1, -0.05) is 48.6 Å². The van der Waals surface area contributed by atoms with Gasteiger partial charge in [0.2, 0.25) is 0 Å². The summed E-state index contributed by atoms with van der Waals surface area (Å²) in [6.07, 6.45) is 3.01. The third kappa shape index (κ3) is 3.74. The topological polar surface area (TPSA) is 38.0 Å². The summed E-state index contributed by atoms with van der Waals surface area (Å²) in [7, 11) is 0. The van der Waals surface area contributed by atoms with Crippen molar-refractivity contribution in [3.8, 4) is 0 Å². The number of anilines is 1. The first-order chi connectivity index (χ1) is 9.72. The predicted molar refractivity (Wildman–Crippen MR) is 92.7 cm³/mol. The first kappa shape index (κ1) is 14.9. The summed E-state index contributed by atoms with van der Waals surface area (Å²) in [6.45, 7) is 0.859. The van der Waals surface area contributed by atoms with Crippen molar-refractivity contribution in [3.63, 3.8) is 0 Å². The number of hydrogen-bond acceptors (Lipinski definition) is 3. The van der Waals surface area contributed by atoms with Crippen molar-refractivity contribution < 1.29 is 0 Å². The molecule has 4 heteroatoms. The largest absolute Gasteiger partial charge is 0.389 e. The number of thiocarbonyl (C=S) groups is 1. The molecule has 104 valence electrons. The molecule has 0 fully saturated rings. The molecule has 0 saturated heterocycles. The quantitative estimate of drug-likeness (QED) is 0.630. The van der Waals surface area contributed by atoms with E-state index in [0.29, 0.717) is 4.99 Å². The van der Waals surface area contributed by atoms with E-state index in [-0.39, 0.29) is 0 Å². The smallest absolute Gasteiger partial charge is 0.107 e. The molecule has 0 aliphatic carbocycles. The Morgan fingerprint density at radius 3 is 2.55 bits per heavy atom. The van der Waals surface area contributed by atoms with Gasteiger partial charge in [0.1, 0.15) is 4.99 Å². The van der Waals surface area contributed by atoms with Crippen LogP contribution in [0.15, 0.2) is 53.4 Å². The van der Waals surface area contributed by atoms with Crippen LogP contribution in [-0.4, -0.2) is 17.8 Å². The first-order valence-electron chi connectivity index (χ1n) is 6.47. The lowest BCUT2D eigenvalue weighted by Gasteiger charge is -2.14. The minimum absolute atomic E-state index is 0.442. The van der Waals surface area contributed by atoms with Crippen molar-refractivity contribution in [2.75, 3.05) is 18.1 Å². The third-order valence-electron chi connectivity index (χ3n) is 3.06. The zero-order chi connectivity index (χ0) is 14.4. The van der Waals surface area contributed by atoms with E-state index < -0.39 is 0 Å². The summed E-state index contributed by atoms with van der Waals surface area (Å²) < 4.78 is 0. The van der Waals surface area contributed by atoms with E-state index in [1.165, 1.54) is 5.56 Å². The monoisotopic (exact) mass is 302 g/mol. The van der Waals surface area contributed by atoms with Gasteiger partial charge in [-0.2, -0.15) is 0 Å². The average Bonchev–Trinajstić information content (AvgIpc) is 2.47. The van der Waals surface area contributed by atoms with E-state index in [0.717, 1.165) is 29.1 Å². The Morgan fingerprint density at radius 1 is 1.15 bits per heavy atom. The van der Waals surface area contributed by atoms with Crippen molar-refractivity contribution in [1.82, 2.24) is 0 Å². The van der Waals surface area contributed by atoms with Crippen LogP contribution in [0, 0.1) is 0 Å². The Morgan fingerprint density at radius 2 is 1.90 bits per heavy atom. The van der Waals surface area contributed by atoms with E-state index in [9.17, 15) is 0 Å². The maximum Gasteiger partial charge on any atom is 0.107 e. The molecule has 0 aliphatic heterocycles. The van der Waals surface area contributed by atoms with Crippen LogP contribution < -0.4 is 11.1 Å². The SMILES string of the molecule is CSc1cccc(NCCc2ccccc2)c1C(N)=S. The first-order valence-corrected chi connectivity index (χ1v) is 8.10. The molecule has 0 amide bonds. The summed E-state index contributed by atoms with van der Waals surface area (Å²) in [6, 6.07) is 16.5. The molecule has 0 atom stereocenters. The van der Waals surface area contributed by atoms with Crippen molar-refractivity contribution in [2.24, 2.45) is 5.73 Å². The molecule has 0 aliphatic rings. The predicted octanol–water partition coefficient (Wildman–Crippen LogP) is 3.70. The van der Waals surface area contributed by atoms with Gasteiger partial charge < -0.3 is 11.1 Å². The van der Waals surface area contributed by atoms with E-state index in [2.05, 4.69) is 29.6 Å². The summed E-state index contributed by atoms with van der Waals surface area (Å²) in [5.74, 6) is 0. The molecule has 0 saturated carbocycles. The molecule has 2 aromatic carbocycles. The second kappa shape index (κ2) is 7.31. The van der Waals surface area contributed by atoms with Gasteiger partial charge in [-0.05, 0) is 30.4 Å². The number of hydrogen-bond donors (Lipinski definition) is 2. The van der Waals surface area contributed by atoms with E-state index in [4.69, 9.17) is 18.0 Å². The summed E-state index contributed by atoms with van der Waals surface area (Å²) in [5.41, 5.74) is 9.13. The lowest BCUT2D eigenvalue weighted by atomic mass is 10.1. The van der Waals surface area contributed by atoms with Crippen molar-refractivity contribution in [3.05, 3.63) is 59.7 Å². The number of thioether (sulfide) groups is 1. The molecule has 0 unspecified atom stereocenters. The zero-order valence-corrected chi connectivity index (χ0v) is 13.1. The Hall–Kier alpha value is -1.52. The molecule has 0 bridgehead atoms. The fourth-order valence-corrected chi connectivity index (χ4v) is 3.01. The highest BCUT2D eigenvalue weighted by Crippen LogP contribution is 2.27. The van der Waals surface area contributed by atoms with Gasteiger partial charge in [-0.25, -0.2) is 0 Å². The standard InChI is InChI=1S/C16H18N2S2/c1-20-14-9-5-8-13(15(14)16(17)19)18-11-10-12-6-3-2-4-7-12/h2-9,18H,10-11H2,1H3,(H2,17,19). The second-order valence-corrected chi connectivity index (χ2v) is 5.70. The molecular formula is C16H18N2S2. The third-order valence-corrected chi connectivity index (χ3v) is 4.05. The maximum atomic E-state index is 5.85. The van der Waals surface area contributed by atoms with Crippen LogP contribution in [-0.2, 0) is 6.42 Å². The van der Waals surface area contributed by atoms with Crippen LogP contribution in [0.25, 0.3) is 0 Å². The number of nitrogens with one attached hydrogen (secondary N) is 1. The van der Waals surface area contributed by atoms with Gasteiger partial charge in [0.25, 0.3) is 0 Å². The molecule has 20 heavy (non-hydrogen) atoms. The summed E-state index contributed by atoms with van der Waals surface area (Å²) >= 11 is 6.83. The van der Waals surface area contributed by atoms with Crippen LogP contribution in [0.1, 0.15) is 11.1 Å². The average molecular weight is 302 g/mol. The lowest BCUT2D eigenvalue weighted by molar-refractivity contribution is 1.02. The molecule has 0 spiro atoms. The van der Waals surface area contributed by atoms with Gasteiger partial charge in [0.05, 0.1) is 0 Å². The minimum atomic E-state index is 0.442. The molecule has 0 heterocycles. The fourth-order valence-electron chi connectivity index (χ4n) is 2.09. The second-order valence-electron chi connectivity index (χ2n) is 4.41. The Bertz CT molecular complexity index is 582. The van der Waals surface area contributed by atoms with Crippen molar-refractivity contribution in [2.45, 2.75) is 11.3 Å². The summed E-state index contributed by atoms with van der Waals surface area (Å²) in [5, 5.41) is 3.44. The molecule has 2 nitrogen and oxygen atoms in total. The Labute approximate surface area is 129 Å². The van der Waals surface area contributed by atoms with Crippen LogP contribution in [0.2, 0.25) is 0 Å². The van der Waals surface area contributed by atoms with Crippen LogP contribution in [0.4, 0.5) is 5.69 Å². The maximum absolute atomic E-state index is 5.85. The molecular weight excluding hydrogens is 284 g/mol. The van der Waals surface area contributed by atoms with Crippen LogP contribution in [0.3, 0.4) is 0 Å². The Kier molecular flexibility index (Phi) is 5.44. The zero-order valence-electron chi connectivity index (χ0n) is 11.4. The number of benzene rings is 2. The van der Waals surface area contributed by atoms with E-state index in [1.54, 1.807) is 11.8 Å².